The molecule has 7 nitrogen and oxygen atoms in total. The Labute approximate surface area is 128 Å². The Kier molecular flexibility index (Phi) is 4.69. The lowest BCUT2D eigenvalue weighted by atomic mass is 10.1. The maximum Gasteiger partial charge on any atom is 0.354 e. The average Bonchev–Trinajstić information content (AvgIpc) is 2.78. The van der Waals surface area contributed by atoms with Crippen LogP contribution in [0.25, 0.3) is 0 Å². The van der Waals surface area contributed by atoms with Crippen LogP contribution in [-0.2, 0) is 11.2 Å². The van der Waals surface area contributed by atoms with Crippen LogP contribution in [0.2, 0.25) is 0 Å². The number of nitrogens with one attached hydrogen (secondary N) is 2. The lowest BCUT2D eigenvalue weighted by Gasteiger charge is -2.03. The van der Waals surface area contributed by atoms with Gasteiger partial charge in [0.2, 0.25) is 5.91 Å². The van der Waals surface area contributed by atoms with Crippen LogP contribution in [0.15, 0.2) is 22.9 Å². The van der Waals surface area contributed by atoms with Crippen molar-refractivity contribution in [3.63, 3.8) is 0 Å². The Bertz CT molecular complexity index is 684. The van der Waals surface area contributed by atoms with Crippen molar-refractivity contribution < 1.29 is 14.7 Å². The lowest BCUT2D eigenvalue weighted by Crippen LogP contribution is -2.13. The van der Waals surface area contributed by atoms with Crippen LogP contribution < -0.4 is 5.32 Å². The predicted molar refractivity (Wildman–Crippen MR) is 79.2 cm³/mol. The van der Waals surface area contributed by atoms with Crippen LogP contribution in [0.3, 0.4) is 0 Å². The molecule has 0 spiro atoms. The molecule has 0 atom stereocenters. The Balaban J connectivity index is 1.95. The molecule has 3 N–H and O–H groups in total. The van der Waals surface area contributed by atoms with Crippen molar-refractivity contribution in [2.75, 3.05) is 5.32 Å². The average molecular weight is 353 g/mol. The first-order valence-electron chi connectivity index (χ1n) is 6.15. The van der Waals surface area contributed by atoms with Gasteiger partial charge in [0.15, 0.2) is 5.82 Å². The molecule has 8 heteroatoms. The molecule has 2 aromatic rings. The molecule has 2 rings (SSSR count). The van der Waals surface area contributed by atoms with Gasteiger partial charge in [-0.05, 0) is 40.9 Å². The standard InChI is InChI=1S/C13H13BrN4O3/c1-7-11(13(20)21)17-18-12(7)16-10(19)3-2-8-4-9(14)6-15-5-8/h4-6H,2-3H2,1H3,(H,20,21)(H2,16,17,18,19). The Morgan fingerprint density at radius 3 is 2.81 bits per heavy atom. The van der Waals surface area contributed by atoms with Crippen molar-refractivity contribution in [1.29, 1.82) is 0 Å². The highest BCUT2D eigenvalue weighted by Crippen LogP contribution is 2.16. The molecule has 21 heavy (non-hydrogen) atoms. The number of aryl methyl sites for hydroxylation is 1. The van der Waals surface area contributed by atoms with Gasteiger partial charge in [0.25, 0.3) is 0 Å². The molecule has 0 fully saturated rings. The van der Waals surface area contributed by atoms with E-state index in [4.69, 9.17) is 5.11 Å². The monoisotopic (exact) mass is 352 g/mol. The number of carboxylic acid groups (broad SMARTS) is 1. The number of aromatic nitrogens is 3. The third-order valence-corrected chi connectivity index (χ3v) is 3.32. The van der Waals surface area contributed by atoms with Crippen molar-refractivity contribution in [3.8, 4) is 0 Å². The van der Waals surface area contributed by atoms with Crippen molar-refractivity contribution in [2.24, 2.45) is 0 Å². The molecule has 2 aromatic heterocycles. The first-order valence-corrected chi connectivity index (χ1v) is 6.94. The fourth-order valence-electron chi connectivity index (χ4n) is 1.77. The molecule has 0 unspecified atom stereocenters. The van der Waals surface area contributed by atoms with Crippen molar-refractivity contribution in [3.05, 3.63) is 39.8 Å². The molecule has 0 aliphatic rings. The summed E-state index contributed by atoms with van der Waals surface area (Å²) in [7, 11) is 0. The molecular weight excluding hydrogens is 340 g/mol. The van der Waals surface area contributed by atoms with Gasteiger partial charge in [0.05, 0.1) is 0 Å². The fraction of sp³-hybridized carbons (Fsp3) is 0.231. The highest BCUT2D eigenvalue weighted by Gasteiger charge is 2.16. The van der Waals surface area contributed by atoms with Crippen molar-refractivity contribution in [2.45, 2.75) is 19.8 Å². The number of rotatable bonds is 5. The number of carbonyl (C=O) groups is 2. The van der Waals surface area contributed by atoms with E-state index in [1.54, 1.807) is 19.3 Å². The molecule has 0 bridgehead atoms. The number of carboxylic acids is 1. The normalized spacial score (nSPS) is 10.4. The van der Waals surface area contributed by atoms with Gasteiger partial charge in [-0.2, -0.15) is 5.10 Å². The minimum Gasteiger partial charge on any atom is -0.477 e. The first-order chi connectivity index (χ1) is 9.97. The molecule has 2 heterocycles. The highest BCUT2D eigenvalue weighted by molar-refractivity contribution is 9.10. The minimum absolute atomic E-state index is 0.0264. The number of halogens is 1. The molecule has 0 saturated heterocycles. The number of carbonyl (C=O) groups excluding carboxylic acids is 1. The summed E-state index contributed by atoms with van der Waals surface area (Å²) < 4.78 is 0.856. The summed E-state index contributed by atoms with van der Waals surface area (Å²) in [5.74, 6) is -1.10. The molecule has 0 aliphatic heterocycles. The molecular formula is C13H13BrN4O3. The number of hydrogen-bond acceptors (Lipinski definition) is 4. The van der Waals surface area contributed by atoms with E-state index in [0.717, 1.165) is 10.0 Å². The quantitative estimate of drug-likeness (QED) is 0.763. The summed E-state index contributed by atoms with van der Waals surface area (Å²) in [5.41, 5.74) is 1.31. The van der Waals surface area contributed by atoms with E-state index in [1.807, 2.05) is 6.07 Å². The molecule has 0 saturated carbocycles. The number of nitrogens with zero attached hydrogens (tertiary/aromatic N) is 2. The summed E-state index contributed by atoms with van der Waals surface area (Å²) in [5, 5.41) is 17.7. The van der Waals surface area contributed by atoms with Gasteiger partial charge in [-0.25, -0.2) is 4.79 Å². The van der Waals surface area contributed by atoms with Crippen molar-refractivity contribution in [1.82, 2.24) is 15.2 Å². The van der Waals surface area contributed by atoms with Gasteiger partial charge in [-0.3, -0.25) is 14.9 Å². The van der Waals surface area contributed by atoms with Crippen LogP contribution in [0.4, 0.5) is 5.82 Å². The number of amides is 1. The van der Waals surface area contributed by atoms with Crippen LogP contribution in [0, 0.1) is 6.92 Å². The maximum absolute atomic E-state index is 11.9. The second kappa shape index (κ2) is 6.49. The fourth-order valence-corrected chi connectivity index (χ4v) is 2.19. The van der Waals surface area contributed by atoms with E-state index in [1.165, 1.54) is 0 Å². The van der Waals surface area contributed by atoms with Crippen LogP contribution in [0.1, 0.15) is 28.0 Å². The number of pyridine rings is 1. The van der Waals surface area contributed by atoms with E-state index in [2.05, 4.69) is 36.4 Å². The summed E-state index contributed by atoms with van der Waals surface area (Å²) >= 11 is 3.32. The van der Waals surface area contributed by atoms with E-state index >= 15 is 0 Å². The largest absolute Gasteiger partial charge is 0.477 e. The van der Waals surface area contributed by atoms with Crippen LogP contribution in [-0.4, -0.2) is 32.2 Å². The number of aromatic carboxylic acids is 1. The molecule has 0 radical (unpaired) electrons. The van der Waals surface area contributed by atoms with E-state index < -0.39 is 5.97 Å². The van der Waals surface area contributed by atoms with Gasteiger partial charge in [-0.15, -0.1) is 0 Å². The smallest absolute Gasteiger partial charge is 0.354 e. The van der Waals surface area contributed by atoms with Gasteiger partial charge in [0, 0.05) is 28.9 Å². The summed E-state index contributed by atoms with van der Waals surface area (Å²) in [4.78, 5) is 26.7. The molecule has 1 amide bonds. The van der Waals surface area contributed by atoms with Crippen LogP contribution >= 0.6 is 15.9 Å². The van der Waals surface area contributed by atoms with Gasteiger partial charge in [-0.1, -0.05) is 0 Å². The van der Waals surface area contributed by atoms with E-state index in [9.17, 15) is 9.59 Å². The summed E-state index contributed by atoms with van der Waals surface area (Å²) in [6.07, 6.45) is 4.16. The molecule has 110 valence electrons. The van der Waals surface area contributed by atoms with Crippen molar-refractivity contribution >= 4 is 33.6 Å². The topological polar surface area (TPSA) is 108 Å². The zero-order chi connectivity index (χ0) is 15.4. The number of H-pyrrole nitrogens is 1. The van der Waals surface area contributed by atoms with Gasteiger partial charge < -0.3 is 10.4 Å². The third-order valence-electron chi connectivity index (χ3n) is 2.88. The second-order valence-corrected chi connectivity index (χ2v) is 5.35. The Morgan fingerprint density at radius 2 is 2.19 bits per heavy atom. The lowest BCUT2D eigenvalue weighted by molar-refractivity contribution is -0.116. The Hall–Kier alpha value is -2.22. The number of hydrogen-bond donors (Lipinski definition) is 3. The maximum atomic E-state index is 11.9. The zero-order valence-electron chi connectivity index (χ0n) is 11.2. The predicted octanol–water partition coefficient (Wildman–Crippen LogP) is 2.15. The SMILES string of the molecule is Cc1c(NC(=O)CCc2cncc(Br)c2)n[nH]c1C(=O)O. The van der Waals surface area contributed by atoms with Gasteiger partial charge in [0.1, 0.15) is 5.69 Å². The molecule has 0 aromatic carbocycles. The van der Waals surface area contributed by atoms with E-state index in [-0.39, 0.29) is 23.8 Å². The minimum atomic E-state index is -1.11. The van der Waals surface area contributed by atoms with Gasteiger partial charge >= 0.3 is 5.97 Å². The zero-order valence-corrected chi connectivity index (χ0v) is 12.8. The van der Waals surface area contributed by atoms with Crippen LogP contribution in [0.5, 0.6) is 0 Å². The first kappa shape index (κ1) is 15.2. The third kappa shape index (κ3) is 3.88. The van der Waals surface area contributed by atoms with E-state index in [0.29, 0.717) is 12.0 Å². The second-order valence-electron chi connectivity index (χ2n) is 4.44. The molecule has 0 aliphatic carbocycles. The number of anilines is 1. The highest BCUT2D eigenvalue weighted by atomic mass is 79.9. The summed E-state index contributed by atoms with van der Waals surface area (Å²) in [6, 6.07) is 1.89. The summed E-state index contributed by atoms with van der Waals surface area (Å²) in [6.45, 7) is 1.58. The number of aromatic amines is 1. The Morgan fingerprint density at radius 1 is 1.43 bits per heavy atom.